The molecule has 0 radical (unpaired) electrons. The highest BCUT2D eigenvalue weighted by Gasteiger charge is 2.34. The number of ether oxygens (including phenoxy) is 1. The first-order valence-electron chi connectivity index (χ1n) is 11.3. The van der Waals surface area contributed by atoms with Crippen LogP contribution in [0.2, 0.25) is 0 Å². The van der Waals surface area contributed by atoms with E-state index in [4.69, 9.17) is 10.6 Å². The lowest BCUT2D eigenvalue weighted by molar-refractivity contribution is -0.141. The number of nitrogens with two attached hydrogens (primary N) is 1. The predicted octanol–water partition coefficient (Wildman–Crippen LogP) is 3.34. The zero-order valence-corrected chi connectivity index (χ0v) is 18.0. The lowest BCUT2D eigenvalue weighted by Gasteiger charge is -2.40. The number of hydrogen-bond acceptors (Lipinski definition) is 6. The second kappa shape index (κ2) is 10.6. The number of rotatable bonds is 6. The molecule has 0 aromatic heterocycles. The van der Waals surface area contributed by atoms with Crippen LogP contribution in [0.1, 0.15) is 42.9 Å². The lowest BCUT2D eigenvalue weighted by atomic mass is 9.79. The van der Waals surface area contributed by atoms with E-state index in [-0.39, 0.29) is 12.0 Å². The van der Waals surface area contributed by atoms with E-state index in [1.54, 1.807) is 18.3 Å². The summed E-state index contributed by atoms with van der Waals surface area (Å²) in [4.78, 5) is 15.6. The summed E-state index contributed by atoms with van der Waals surface area (Å²) >= 11 is 0. The summed E-state index contributed by atoms with van der Waals surface area (Å²) in [5.41, 5.74) is 1.85. The fourth-order valence-corrected chi connectivity index (χ4v) is 4.98. The Hall–Kier alpha value is -2.70. The van der Waals surface area contributed by atoms with Gasteiger partial charge in [0.25, 0.3) is 0 Å². The summed E-state index contributed by atoms with van der Waals surface area (Å²) in [6.07, 6.45) is 6.41. The molecule has 1 atom stereocenters. The molecule has 2 aliphatic rings. The second-order valence-electron chi connectivity index (χ2n) is 8.54. The van der Waals surface area contributed by atoms with Crippen molar-refractivity contribution in [3.8, 4) is 5.75 Å². The number of benzene rings is 2. The van der Waals surface area contributed by atoms with Gasteiger partial charge in [0.05, 0.1) is 6.21 Å². The number of nitrogens with one attached hydrogen (secondary N) is 1. The molecular formula is C25H32N4O2. The summed E-state index contributed by atoms with van der Waals surface area (Å²) in [6, 6.07) is 16.8. The van der Waals surface area contributed by atoms with Crippen molar-refractivity contribution in [1.29, 1.82) is 0 Å². The van der Waals surface area contributed by atoms with Crippen LogP contribution >= 0.6 is 0 Å². The fraction of sp³-hybridized carbons (Fsp3) is 0.440. The van der Waals surface area contributed by atoms with E-state index < -0.39 is 0 Å². The monoisotopic (exact) mass is 420 g/mol. The van der Waals surface area contributed by atoms with Crippen LogP contribution in [0.25, 0.3) is 0 Å². The summed E-state index contributed by atoms with van der Waals surface area (Å²) in [5, 5.41) is 6.99. The maximum Gasteiger partial charge on any atom is 0.333 e. The maximum absolute atomic E-state index is 13.3. The molecular weight excluding hydrogens is 388 g/mol. The number of nitrogens with zero attached hydrogens (tertiary/aromatic N) is 2. The summed E-state index contributed by atoms with van der Waals surface area (Å²) in [7, 11) is 0. The van der Waals surface area contributed by atoms with Gasteiger partial charge in [-0.1, -0.05) is 30.3 Å². The van der Waals surface area contributed by atoms with Crippen LogP contribution in [-0.2, 0) is 4.79 Å². The zero-order valence-electron chi connectivity index (χ0n) is 18.0. The SMILES string of the molecule is NN=Cc1ccc(OC(=O)C(c2ccccc2)N2CCC(C3CCNCC3)CC2)cc1. The van der Waals surface area contributed by atoms with Crippen LogP contribution < -0.4 is 15.9 Å². The molecule has 0 saturated carbocycles. The largest absolute Gasteiger partial charge is 0.425 e. The Kier molecular flexibility index (Phi) is 7.33. The van der Waals surface area contributed by atoms with Crippen LogP contribution in [0.4, 0.5) is 0 Å². The standard InChI is InChI=1S/C25H32N4O2/c26-28-18-19-6-8-23(9-7-19)31-25(30)24(22-4-2-1-3-5-22)29-16-12-21(13-17-29)20-10-14-27-15-11-20/h1-9,18,20-21,24,27H,10-17,26H2. The van der Waals surface area contributed by atoms with Crippen molar-refractivity contribution < 1.29 is 9.53 Å². The van der Waals surface area contributed by atoms with Crippen molar-refractivity contribution in [1.82, 2.24) is 10.2 Å². The number of carbonyl (C=O) groups is 1. The Morgan fingerprint density at radius 2 is 1.65 bits per heavy atom. The van der Waals surface area contributed by atoms with Gasteiger partial charge in [0.1, 0.15) is 11.8 Å². The number of likely N-dealkylation sites (tertiary alicyclic amines) is 1. The fourth-order valence-electron chi connectivity index (χ4n) is 4.98. The Balaban J connectivity index is 1.45. The summed E-state index contributed by atoms with van der Waals surface area (Å²) < 4.78 is 5.80. The Labute approximate surface area is 184 Å². The third-order valence-corrected chi connectivity index (χ3v) is 6.65. The van der Waals surface area contributed by atoms with Crippen molar-refractivity contribution in [2.75, 3.05) is 26.2 Å². The first-order valence-corrected chi connectivity index (χ1v) is 11.3. The smallest absolute Gasteiger partial charge is 0.333 e. The normalized spacial score (nSPS) is 20.0. The van der Waals surface area contributed by atoms with Crippen molar-refractivity contribution in [3.63, 3.8) is 0 Å². The topological polar surface area (TPSA) is 80.0 Å². The molecule has 0 amide bonds. The van der Waals surface area contributed by atoms with Crippen molar-refractivity contribution in [3.05, 3.63) is 65.7 Å². The quantitative estimate of drug-likeness (QED) is 0.246. The van der Waals surface area contributed by atoms with Gasteiger partial charge in [-0.2, -0.15) is 5.10 Å². The molecule has 2 aromatic rings. The van der Waals surface area contributed by atoms with Crippen LogP contribution in [0, 0.1) is 11.8 Å². The van der Waals surface area contributed by atoms with E-state index in [0.717, 1.165) is 62.0 Å². The van der Waals surface area contributed by atoms with Crippen molar-refractivity contribution in [2.45, 2.75) is 31.7 Å². The average molecular weight is 421 g/mol. The molecule has 2 heterocycles. The molecule has 4 rings (SSSR count). The zero-order chi connectivity index (χ0) is 21.5. The lowest BCUT2D eigenvalue weighted by Crippen LogP contribution is -2.43. The minimum atomic E-state index is -0.388. The van der Waals surface area contributed by atoms with Gasteiger partial charge in [-0.25, -0.2) is 4.79 Å². The third-order valence-electron chi connectivity index (χ3n) is 6.65. The molecule has 2 aromatic carbocycles. The highest BCUT2D eigenvalue weighted by atomic mass is 16.5. The van der Waals surface area contributed by atoms with E-state index >= 15 is 0 Å². The summed E-state index contributed by atoms with van der Waals surface area (Å²) in [5.74, 6) is 7.09. The van der Waals surface area contributed by atoms with Crippen LogP contribution in [-0.4, -0.2) is 43.3 Å². The van der Waals surface area contributed by atoms with Crippen LogP contribution in [0.5, 0.6) is 5.75 Å². The number of carbonyl (C=O) groups excluding carboxylic acids is 1. The van der Waals surface area contributed by atoms with Gasteiger partial charge in [-0.05, 0) is 99.1 Å². The molecule has 3 N–H and O–H groups in total. The predicted molar refractivity (Wildman–Crippen MR) is 123 cm³/mol. The number of piperidine rings is 2. The Morgan fingerprint density at radius 1 is 1.00 bits per heavy atom. The molecule has 1 unspecified atom stereocenters. The molecule has 6 nitrogen and oxygen atoms in total. The van der Waals surface area contributed by atoms with E-state index in [1.165, 1.54) is 12.8 Å². The van der Waals surface area contributed by atoms with Gasteiger partial charge in [0, 0.05) is 0 Å². The summed E-state index contributed by atoms with van der Waals surface area (Å²) in [6.45, 7) is 4.13. The maximum atomic E-state index is 13.3. The number of hydrazone groups is 1. The van der Waals surface area contributed by atoms with Gasteiger partial charge in [0.15, 0.2) is 0 Å². The van der Waals surface area contributed by atoms with E-state index in [9.17, 15) is 4.79 Å². The molecule has 0 spiro atoms. The first-order chi connectivity index (χ1) is 15.2. The van der Waals surface area contributed by atoms with E-state index in [1.807, 2.05) is 42.5 Å². The molecule has 164 valence electrons. The first kappa shape index (κ1) is 21.5. The number of hydrogen-bond donors (Lipinski definition) is 2. The van der Waals surface area contributed by atoms with Crippen LogP contribution in [0.3, 0.4) is 0 Å². The molecule has 6 heteroatoms. The molecule has 2 fully saturated rings. The molecule has 0 aliphatic carbocycles. The van der Waals surface area contributed by atoms with Crippen molar-refractivity contribution >= 4 is 12.2 Å². The molecule has 31 heavy (non-hydrogen) atoms. The van der Waals surface area contributed by atoms with Gasteiger partial charge in [-0.15, -0.1) is 0 Å². The van der Waals surface area contributed by atoms with E-state index in [2.05, 4.69) is 15.3 Å². The Morgan fingerprint density at radius 3 is 2.29 bits per heavy atom. The minimum Gasteiger partial charge on any atom is -0.425 e. The highest BCUT2D eigenvalue weighted by Crippen LogP contribution is 2.34. The van der Waals surface area contributed by atoms with Gasteiger partial charge in [-0.3, -0.25) is 4.90 Å². The van der Waals surface area contributed by atoms with Gasteiger partial charge in [0.2, 0.25) is 0 Å². The highest BCUT2D eigenvalue weighted by molar-refractivity contribution is 5.81. The van der Waals surface area contributed by atoms with Crippen LogP contribution in [0.15, 0.2) is 59.7 Å². The minimum absolute atomic E-state index is 0.230. The molecule has 2 aliphatic heterocycles. The van der Waals surface area contributed by atoms with E-state index in [0.29, 0.717) is 5.75 Å². The second-order valence-corrected chi connectivity index (χ2v) is 8.54. The van der Waals surface area contributed by atoms with Crippen molar-refractivity contribution in [2.24, 2.45) is 22.8 Å². The third kappa shape index (κ3) is 5.51. The average Bonchev–Trinajstić information content (AvgIpc) is 2.82. The molecule has 0 bridgehead atoms. The molecule has 2 saturated heterocycles. The van der Waals surface area contributed by atoms with Gasteiger partial charge < -0.3 is 15.9 Å². The number of esters is 1. The van der Waals surface area contributed by atoms with Gasteiger partial charge >= 0.3 is 5.97 Å². The Bertz CT molecular complexity index is 855.